The van der Waals surface area contributed by atoms with E-state index < -0.39 is 0 Å². The molecule has 0 saturated carbocycles. The largest absolute Gasteiger partial charge is 0.324 e. The number of rotatable bonds is 3. The maximum absolute atomic E-state index is 6.17. The van der Waals surface area contributed by atoms with E-state index in [1.165, 1.54) is 0 Å². The second kappa shape index (κ2) is 5.00. The summed E-state index contributed by atoms with van der Waals surface area (Å²) in [6.07, 6.45) is 4.65. The van der Waals surface area contributed by atoms with E-state index >= 15 is 0 Å². The van der Waals surface area contributed by atoms with E-state index in [1.807, 2.05) is 19.4 Å². The predicted octanol–water partition coefficient (Wildman–Crippen LogP) is 3.25. The smallest absolute Gasteiger partial charge is 0.0758 e. The maximum atomic E-state index is 6.17. The van der Waals surface area contributed by atoms with Crippen molar-refractivity contribution in [2.75, 3.05) is 0 Å². The topological polar surface area (TPSA) is 43.8 Å². The van der Waals surface area contributed by atoms with E-state index in [9.17, 15) is 0 Å². The first kappa shape index (κ1) is 12.3. The lowest BCUT2D eigenvalue weighted by Crippen LogP contribution is -2.12. The second-order valence-corrected chi connectivity index (χ2v) is 7.36. The molecule has 0 amide bonds. The monoisotopic (exact) mass is 363 g/mol. The van der Waals surface area contributed by atoms with Gasteiger partial charge in [0.15, 0.2) is 0 Å². The van der Waals surface area contributed by atoms with Gasteiger partial charge in [-0.3, -0.25) is 4.68 Å². The second-order valence-electron chi connectivity index (χ2n) is 3.61. The highest BCUT2D eigenvalue weighted by molar-refractivity contribution is 9.12. The summed E-state index contributed by atoms with van der Waals surface area (Å²) in [5.41, 5.74) is 8.47. The summed E-state index contributed by atoms with van der Waals surface area (Å²) in [5, 5.41) is 4.13. The van der Waals surface area contributed by atoms with Gasteiger partial charge in [0, 0.05) is 19.3 Å². The van der Waals surface area contributed by atoms with Gasteiger partial charge in [0.2, 0.25) is 0 Å². The first-order valence-electron chi connectivity index (χ1n) is 4.74. The van der Waals surface area contributed by atoms with Gasteiger partial charge >= 0.3 is 0 Å². The molecule has 1 unspecified atom stereocenters. The van der Waals surface area contributed by atoms with Crippen LogP contribution in [-0.4, -0.2) is 9.78 Å². The molecule has 2 heterocycles. The standard InChI is InChI=1S/C10H11Br2N3S/c1-15-5-6(4-14-15)2-8(13)7-3-9(11)16-10(7)12/h3-5,8H,2,13H2,1H3. The van der Waals surface area contributed by atoms with Crippen LogP contribution in [0.3, 0.4) is 0 Å². The number of thiophene rings is 1. The van der Waals surface area contributed by atoms with Crippen LogP contribution in [0.4, 0.5) is 0 Å². The van der Waals surface area contributed by atoms with Gasteiger partial charge in [0.05, 0.1) is 13.8 Å². The molecule has 0 aliphatic carbocycles. The van der Waals surface area contributed by atoms with Crippen LogP contribution in [-0.2, 0) is 13.5 Å². The third kappa shape index (κ3) is 2.74. The molecular weight excluding hydrogens is 354 g/mol. The molecule has 6 heteroatoms. The molecular formula is C10H11Br2N3S. The van der Waals surface area contributed by atoms with Gasteiger partial charge in [-0.25, -0.2) is 0 Å². The zero-order chi connectivity index (χ0) is 11.7. The van der Waals surface area contributed by atoms with Crippen molar-refractivity contribution in [2.45, 2.75) is 12.5 Å². The molecule has 0 aliphatic heterocycles. The lowest BCUT2D eigenvalue weighted by atomic mass is 10.1. The fourth-order valence-electron chi connectivity index (χ4n) is 1.55. The fraction of sp³-hybridized carbons (Fsp3) is 0.300. The van der Waals surface area contributed by atoms with Crippen LogP contribution in [0.5, 0.6) is 0 Å². The maximum Gasteiger partial charge on any atom is 0.0758 e. The first-order chi connectivity index (χ1) is 7.56. The molecule has 0 fully saturated rings. The van der Waals surface area contributed by atoms with Gasteiger partial charge in [0.25, 0.3) is 0 Å². The van der Waals surface area contributed by atoms with Crippen molar-refractivity contribution in [1.29, 1.82) is 0 Å². The van der Waals surface area contributed by atoms with Crippen LogP contribution in [0, 0.1) is 0 Å². The summed E-state index contributed by atoms with van der Waals surface area (Å²) in [4.78, 5) is 0. The van der Waals surface area contributed by atoms with Crippen LogP contribution in [0.25, 0.3) is 0 Å². The van der Waals surface area contributed by atoms with Crippen molar-refractivity contribution < 1.29 is 0 Å². The van der Waals surface area contributed by atoms with Crippen LogP contribution in [0.1, 0.15) is 17.2 Å². The number of hydrogen-bond acceptors (Lipinski definition) is 3. The molecule has 3 nitrogen and oxygen atoms in total. The Hall–Kier alpha value is -0.170. The number of hydrogen-bond donors (Lipinski definition) is 1. The quantitative estimate of drug-likeness (QED) is 0.908. The lowest BCUT2D eigenvalue weighted by Gasteiger charge is -2.08. The number of aryl methyl sites for hydroxylation is 1. The Labute approximate surface area is 115 Å². The molecule has 0 saturated heterocycles. The fourth-order valence-corrected chi connectivity index (χ4v) is 4.55. The van der Waals surface area contributed by atoms with Gasteiger partial charge in [-0.1, -0.05) is 0 Å². The predicted molar refractivity (Wildman–Crippen MR) is 73.6 cm³/mol. The molecule has 0 spiro atoms. The van der Waals surface area contributed by atoms with Crippen LogP contribution in [0.15, 0.2) is 26.0 Å². The molecule has 86 valence electrons. The molecule has 2 rings (SSSR count). The minimum Gasteiger partial charge on any atom is -0.324 e. The minimum atomic E-state index is 0.00104. The van der Waals surface area contributed by atoms with E-state index in [2.05, 4.69) is 43.0 Å². The number of aromatic nitrogens is 2. The Kier molecular flexibility index (Phi) is 3.84. The molecule has 0 bridgehead atoms. The summed E-state index contributed by atoms with van der Waals surface area (Å²) in [6, 6.07) is 2.07. The SMILES string of the molecule is Cn1cc(CC(N)c2cc(Br)sc2Br)cn1. The Morgan fingerprint density at radius 2 is 2.31 bits per heavy atom. The Morgan fingerprint density at radius 3 is 2.81 bits per heavy atom. The van der Waals surface area contributed by atoms with Crippen LogP contribution in [0.2, 0.25) is 0 Å². The van der Waals surface area contributed by atoms with Crippen molar-refractivity contribution in [1.82, 2.24) is 9.78 Å². The molecule has 0 aromatic carbocycles. The highest BCUT2D eigenvalue weighted by atomic mass is 79.9. The van der Waals surface area contributed by atoms with E-state index in [1.54, 1.807) is 16.0 Å². The molecule has 1 atom stereocenters. The Bertz CT molecular complexity index is 492. The summed E-state index contributed by atoms with van der Waals surface area (Å²) in [6.45, 7) is 0. The molecule has 2 N–H and O–H groups in total. The van der Waals surface area contributed by atoms with Gasteiger partial charge in [-0.2, -0.15) is 5.10 Å². The zero-order valence-electron chi connectivity index (χ0n) is 8.65. The summed E-state index contributed by atoms with van der Waals surface area (Å²) >= 11 is 8.63. The Morgan fingerprint density at radius 1 is 1.56 bits per heavy atom. The summed E-state index contributed by atoms with van der Waals surface area (Å²) in [5.74, 6) is 0. The van der Waals surface area contributed by atoms with Crippen molar-refractivity contribution in [3.63, 3.8) is 0 Å². The molecule has 16 heavy (non-hydrogen) atoms. The third-order valence-corrected chi connectivity index (χ3v) is 4.68. The number of nitrogens with two attached hydrogens (primary N) is 1. The molecule has 2 aromatic rings. The van der Waals surface area contributed by atoms with Gasteiger partial charge < -0.3 is 5.73 Å². The van der Waals surface area contributed by atoms with Gasteiger partial charge in [-0.05, 0) is 55.5 Å². The zero-order valence-corrected chi connectivity index (χ0v) is 12.6. The average Bonchev–Trinajstić information content (AvgIpc) is 2.73. The van der Waals surface area contributed by atoms with Crippen molar-refractivity contribution in [3.05, 3.63) is 37.2 Å². The van der Waals surface area contributed by atoms with Crippen molar-refractivity contribution in [3.8, 4) is 0 Å². The highest BCUT2D eigenvalue weighted by Gasteiger charge is 2.14. The molecule has 0 radical (unpaired) electrons. The average molecular weight is 365 g/mol. The van der Waals surface area contributed by atoms with E-state index in [0.717, 1.165) is 25.1 Å². The Balaban J connectivity index is 2.14. The third-order valence-electron chi connectivity index (χ3n) is 2.30. The molecule has 0 aliphatic rings. The lowest BCUT2D eigenvalue weighted by molar-refractivity contribution is 0.719. The highest BCUT2D eigenvalue weighted by Crippen LogP contribution is 2.35. The van der Waals surface area contributed by atoms with E-state index in [-0.39, 0.29) is 6.04 Å². The van der Waals surface area contributed by atoms with Crippen LogP contribution < -0.4 is 5.73 Å². The van der Waals surface area contributed by atoms with Crippen molar-refractivity contribution in [2.24, 2.45) is 12.8 Å². The van der Waals surface area contributed by atoms with Gasteiger partial charge in [0.1, 0.15) is 0 Å². The molecule has 2 aromatic heterocycles. The normalized spacial score (nSPS) is 13.0. The number of halogens is 2. The summed E-state index contributed by atoms with van der Waals surface area (Å²) < 4.78 is 3.98. The first-order valence-corrected chi connectivity index (χ1v) is 7.14. The van der Waals surface area contributed by atoms with Crippen molar-refractivity contribution >= 4 is 43.2 Å². The van der Waals surface area contributed by atoms with E-state index in [4.69, 9.17) is 5.73 Å². The van der Waals surface area contributed by atoms with Gasteiger partial charge in [-0.15, -0.1) is 11.3 Å². The summed E-state index contributed by atoms with van der Waals surface area (Å²) in [7, 11) is 1.91. The minimum absolute atomic E-state index is 0.00104. The van der Waals surface area contributed by atoms with Crippen LogP contribution >= 0.6 is 43.2 Å². The number of nitrogens with zero attached hydrogens (tertiary/aromatic N) is 2. The van der Waals surface area contributed by atoms with E-state index in [0.29, 0.717) is 0 Å².